The highest BCUT2D eigenvalue weighted by atomic mass is 16.2. The molecule has 12 heteroatoms. The highest BCUT2D eigenvalue weighted by Crippen LogP contribution is 2.08. The van der Waals surface area contributed by atoms with Crippen molar-refractivity contribution < 1.29 is 19.2 Å². The molecule has 264 valence electrons. The van der Waals surface area contributed by atoms with Gasteiger partial charge in [-0.15, -0.1) is 0 Å². The average molecular weight is 641 g/mol. The lowest BCUT2D eigenvalue weighted by Crippen LogP contribution is -2.36. The minimum atomic E-state index is -0.0127. The summed E-state index contributed by atoms with van der Waals surface area (Å²) in [5, 5.41) is 11.6. The fraction of sp³-hybridized carbons (Fsp3) is 0.879. The molecular weight excluding hydrogens is 572 g/mol. The van der Waals surface area contributed by atoms with Crippen LogP contribution < -0.4 is 32.7 Å². The molecule has 0 aliphatic rings. The molecule has 0 aromatic rings. The second-order valence-electron chi connectivity index (χ2n) is 12.8. The normalized spacial score (nSPS) is 11.4. The van der Waals surface area contributed by atoms with Crippen molar-refractivity contribution in [2.45, 2.75) is 98.3 Å². The third-order valence-electron chi connectivity index (χ3n) is 7.59. The molecule has 0 aromatic heterocycles. The SMILES string of the molecule is CC(C)CCNC(=O)CCN(CCCCCCCN(CCC(=O)NCCN)CCC(=O)NCCC(C)C)CCC(=O)NCCN. The van der Waals surface area contributed by atoms with E-state index in [0.717, 1.165) is 58.0 Å². The summed E-state index contributed by atoms with van der Waals surface area (Å²) < 4.78 is 0. The number of carbonyl (C=O) groups excluding carboxylic acids is 4. The van der Waals surface area contributed by atoms with Crippen LogP contribution in [0.1, 0.15) is 98.3 Å². The van der Waals surface area contributed by atoms with E-state index in [9.17, 15) is 19.2 Å². The van der Waals surface area contributed by atoms with Gasteiger partial charge >= 0.3 is 0 Å². The maximum absolute atomic E-state index is 12.3. The van der Waals surface area contributed by atoms with Crippen LogP contribution >= 0.6 is 0 Å². The Bertz CT molecular complexity index is 720. The molecule has 0 rings (SSSR count). The molecule has 0 radical (unpaired) electrons. The number of nitrogens with zero attached hydrogens (tertiary/aromatic N) is 2. The number of carbonyl (C=O) groups is 4. The number of hydrogen-bond acceptors (Lipinski definition) is 8. The molecule has 0 aromatic carbocycles. The first kappa shape index (κ1) is 42.7. The van der Waals surface area contributed by atoms with Crippen molar-refractivity contribution in [1.82, 2.24) is 31.1 Å². The van der Waals surface area contributed by atoms with Crippen LogP contribution in [0.15, 0.2) is 0 Å². The van der Waals surface area contributed by atoms with Crippen molar-refractivity contribution >= 4 is 23.6 Å². The van der Waals surface area contributed by atoms with Crippen LogP contribution in [-0.2, 0) is 19.2 Å². The first-order valence-electron chi connectivity index (χ1n) is 17.5. The van der Waals surface area contributed by atoms with Crippen LogP contribution in [0.5, 0.6) is 0 Å². The summed E-state index contributed by atoms with van der Waals surface area (Å²) in [5.74, 6) is 1.19. The Kier molecular flexibility index (Phi) is 27.7. The molecule has 0 heterocycles. The van der Waals surface area contributed by atoms with Gasteiger partial charge in [0.1, 0.15) is 0 Å². The number of rotatable bonds is 30. The second kappa shape index (κ2) is 29.1. The third kappa shape index (κ3) is 28.9. The molecule has 0 saturated heterocycles. The van der Waals surface area contributed by atoms with E-state index in [4.69, 9.17) is 11.5 Å². The summed E-state index contributed by atoms with van der Waals surface area (Å²) in [6.45, 7) is 15.9. The van der Waals surface area contributed by atoms with Gasteiger partial charge in [-0.05, 0) is 50.6 Å². The minimum absolute atomic E-state index is 0.0127. The summed E-state index contributed by atoms with van der Waals surface area (Å²) in [6.07, 6.45) is 8.79. The van der Waals surface area contributed by atoms with E-state index in [2.05, 4.69) is 58.8 Å². The van der Waals surface area contributed by atoms with Crippen LogP contribution in [0.2, 0.25) is 0 Å². The Morgan fingerprint density at radius 3 is 1.04 bits per heavy atom. The van der Waals surface area contributed by atoms with E-state index >= 15 is 0 Å². The quantitative estimate of drug-likeness (QED) is 0.0642. The summed E-state index contributed by atoms with van der Waals surface area (Å²) >= 11 is 0. The molecule has 0 unspecified atom stereocenters. The molecular formula is C33H68N8O4. The van der Waals surface area contributed by atoms with Gasteiger partial charge < -0.3 is 42.5 Å². The van der Waals surface area contributed by atoms with Gasteiger partial charge in [0.05, 0.1) is 0 Å². The van der Waals surface area contributed by atoms with Crippen molar-refractivity contribution in [2.24, 2.45) is 23.3 Å². The molecule has 45 heavy (non-hydrogen) atoms. The Labute approximate surface area is 273 Å². The zero-order chi connectivity index (χ0) is 33.7. The molecule has 0 aliphatic heterocycles. The lowest BCUT2D eigenvalue weighted by atomic mass is 10.1. The molecule has 0 spiro atoms. The minimum Gasteiger partial charge on any atom is -0.356 e. The molecule has 0 atom stereocenters. The van der Waals surface area contributed by atoms with Crippen LogP contribution in [0.25, 0.3) is 0 Å². The van der Waals surface area contributed by atoms with Crippen molar-refractivity contribution in [3.8, 4) is 0 Å². The van der Waals surface area contributed by atoms with Crippen LogP contribution in [0, 0.1) is 11.8 Å². The van der Waals surface area contributed by atoms with Gasteiger partial charge in [-0.25, -0.2) is 0 Å². The third-order valence-corrected chi connectivity index (χ3v) is 7.59. The predicted molar refractivity (Wildman–Crippen MR) is 183 cm³/mol. The predicted octanol–water partition coefficient (Wildman–Crippen LogP) is 1.58. The number of amides is 4. The molecule has 12 nitrogen and oxygen atoms in total. The zero-order valence-corrected chi connectivity index (χ0v) is 29.1. The summed E-state index contributed by atoms with van der Waals surface area (Å²) in [4.78, 5) is 53.3. The Morgan fingerprint density at radius 1 is 0.467 bits per heavy atom. The van der Waals surface area contributed by atoms with Crippen molar-refractivity contribution in [2.75, 3.05) is 78.5 Å². The van der Waals surface area contributed by atoms with E-state index in [1.165, 1.54) is 0 Å². The summed E-state index contributed by atoms with van der Waals surface area (Å²) in [6, 6.07) is 0. The molecule has 4 amide bonds. The fourth-order valence-electron chi connectivity index (χ4n) is 4.69. The van der Waals surface area contributed by atoms with Crippen LogP contribution in [0.3, 0.4) is 0 Å². The lowest BCUT2D eigenvalue weighted by Gasteiger charge is -2.23. The standard InChI is InChI=1S/C33H68N8O4/c1-28(2)10-18-36-30(42)12-24-40(26-14-32(44)38-20-16-34)22-8-6-5-7-9-23-41(27-15-33(45)39-21-17-35)25-13-31(43)37-19-11-29(3)4/h28-29H,5-27,34-35H2,1-4H3,(H,36,42)(H,37,43)(H,38,44)(H,39,45). The van der Waals surface area contributed by atoms with Crippen LogP contribution in [-0.4, -0.2) is 112 Å². The highest BCUT2D eigenvalue weighted by Gasteiger charge is 2.13. The van der Waals surface area contributed by atoms with Gasteiger partial charge in [0, 0.05) is 91.1 Å². The first-order chi connectivity index (χ1) is 21.6. The monoisotopic (exact) mass is 641 g/mol. The largest absolute Gasteiger partial charge is 0.356 e. The van der Waals surface area contributed by atoms with Gasteiger partial charge in [-0.3, -0.25) is 19.2 Å². The van der Waals surface area contributed by atoms with E-state index in [0.29, 0.717) is 103 Å². The van der Waals surface area contributed by atoms with Crippen molar-refractivity contribution in [3.05, 3.63) is 0 Å². The van der Waals surface area contributed by atoms with E-state index in [1.54, 1.807) is 0 Å². The summed E-state index contributed by atoms with van der Waals surface area (Å²) in [7, 11) is 0. The average Bonchev–Trinajstić information content (AvgIpc) is 2.99. The van der Waals surface area contributed by atoms with Crippen LogP contribution in [0.4, 0.5) is 0 Å². The Hall–Kier alpha value is -2.28. The molecule has 8 N–H and O–H groups in total. The highest BCUT2D eigenvalue weighted by molar-refractivity contribution is 5.77. The van der Waals surface area contributed by atoms with Crippen molar-refractivity contribution in [1.29, 1.82) is 0 Å². The molecule has 0 fully saturated rings. The van der Waals surface area contributed by atoms with Gasteiger partial charge in [0.15, 0.2) is 0 Å². The number of nitrogens with one attached hydrogen (secondary N) is 4. The molecule has 0 saturated carbocycles. The van der Waals surface area contributed by atoms with Crippen molar-refractivity contribution in [3.63, 3.8) is 0 Å². The van der Waals surface area contributed by atoms with Gasteiger partial charge in [-0.1, -0.05) is 47.0 Å². The smallest absolute Gasteiger partial charge is 0.221 e. The van der Waals surface area contributed by atoms with E-state index in [1.807, 2.05) is 0 Å². The zero-order valence-electron chi connectivity index (χ0n) is 29.1. The van der Waals surface area contributed by atoms with E-state index < -0.39 is 0 Å². The van der Waals surface area contributed by atoms with Gasteiger partial charge in [0.25, 0.3) is 0 Å². The lowest BCUT2D eigenvalue weighted by molar-refractivity contribution is -0.123. The number of nitrogens with two attached hydrogens (primary N) is 2. The van der Waals surface area contributed by atoms with E-state index in [-0.39, 0.29) is 23.6 Å². The second-order valence-corrected chi connectivity index (χ2v) is 12.8. The topological polar surface area (TPSA) is 175 Å². The number of hydrogen-bond donors (Lipinski definition) is 6. The molecule has 0 bridgehead atoms. The maximum atomic E-state index is 12.3. The van der Waals surface area contributed by atoms with Gasteiger partial charge in [0.2, 0.25) is 23.6 Å². The Balaban J connectivity index is 4.60. The number of unbranched alkanes of at least 4 members (excludes halogenated alkanes) is 4. The maximum Gasteiger partial charge on any atom is 0.221 e. The fourth-order valence-corrected chi connectivity index (χ4v) is 4.69. The first-order valence-corrected chi connectivity index (χ1v) is 17.5. The summed E-state index contributed by atoms with van der Waals surface area (Å²) in [5.41, 5.74) is 11.0. The van der Waals surface area contributed by atoms with Gasteiger partial charge in [-0.2, -0.15) is 0 Å². The molecule has 0 aliphatic carbocycles. The Morgan fingerprint density at radius 2 is 0.756 bits per heavy atom.